The number of likely N-dealkylation sites (tertiary alicyclic amines) is 1. The number of nitrogens with zero attached hydrogens (tertiary/aromatic N) is 2. The Morgan fingerprint density at radius 3 is 2.29 bits per heavy atom. The fraction of sp³-hybridized carbons (Fsp3) is 0.250. The van der Waals surface area contributed by atoms with E-state index in [9.17, 15) is 19.2 Å². The monoisotopic (exact) mass is 552 g/mol. The minimum Gasteiger partial charge on any atom is -0.465 e. The predicted octanol–water partition coefficient (Wildman–Crippen LogP) is 4.77. The Balaban J connectivity index is 1.45. The second-order valence-corrected chi connectivity index (χ2v) is 10.0. The number of piperidine rings is 1. The normalized spacial score (nSPS) is 15.5. The number of carbonyl (C=O) groups excluding carboxylic acids is 4. The molecule has 0 aliphatic carbocycles. The van der Waals surface area contributed by atoms with Crippen molar-refractivity contribution in [2.45, 2.75) is 26.2 Å². The maximum Gasteiger partial charge on any atom is 0.337 e. The zero-order chi connectivity index (χ0) is 28.9. The molecular weight excluding hydrogens is 520 g/mol. The van der Waals surface area contributed by atoms with Crippen LogP contribution in [0.5, 0.6) is 0 Å². The van der Waals surface area contributed by atoms with Crippen LogP contribution in [0.25, 0.3) is 11.3 Å². The molecule has 2 aliphatic rings. The molecule has 2 N–H and O–H groups in total. The third-order valence-corrected chi connectivity index (χ3v) is 7.33. The zero-order valence-electron chi connectivity index (χ0n) is 23.1. The maximum atomic E-state index is 13.2. The van der Waals surface area contributed by atoms with Gasteiger partial charge in [-0.2, -0.15) is 0 Å². The molecule has 0 spiro atoms. The van der Waals surface area contributed by atoms with Gasteiger partial charge in [-0.05, 0) is 61.2 Å². The summed E-state index contributed by atoms with van der Waals surface area (Å²) in [4.78, 5) is 53.9. The number of methoxy groups -OCH3 is 1. The fourth-order valence-electron chi connectivity index (χ4n) is 5.18. The van der Waals surface area contributed by atoms with E-state index in [1.807, 2.05) is 47.4 Å². The van der Waals surface area contributed by atoms with Gasteiger partial charge in [0, 0.05) is 37.0 Å². The van der Waals surface area contributed by atoms with Crippen LogP contribution in [0, 0.1) is 0 Å². The minimum absolute atomic E-state index is 0.00799. The first kappa shape index (κ1) is 27.6. The number of rotatable bonds is 7. The lowest BCUT2D eigenvalue weighted by Crippen LogP contribution is -2.44. The first-order valence-corrected chi connectivity index (χ1v) is 13.6. The Morgan fingerprint density at radius 1 is 0.927 bits per heavy atom. The summed E-state index contributed by atoms with van der Waals surface area (Å²) in [5.74, 6) is -1.06. The second-order valence-electron chi connectivity index (χ2n) is 10.0. The van der Waals surface area contributed by atoms with Crippen molar-refractivity contribution in [1.82, 2.24) is 4.90 Å². The van der Waals surface area contributed by atoms with Crippen molar-refractivity contribution >= 4 is 52.0 Å². The molecule has 9 nitrogen and oxygen atoms in total. The van der Waals surface area contributed by atoms with E-state index in [-0.39, 0.29) is 24.3 Å². The van der Waals surface area contributed by atoms with Gasteiger partial charge in [-0.25, -0.2) is 4.79 Å². The number of amides is 3. The number of carbonyl (C=O) groups is 4. The largest absolute Gasteiger partial charge is 0.465 e. The van der Waals surface area contributed by atoms with Crippen LogP contribution >= 0.6 is 0 Å². The number of esters is 1. The van der Waals surface area contributed by atoms with Gasteiger partial charge in [0.2, 0.25) is 11.8 Å². The summed E-state index contributed by atoms with van der Waals surface area (Å²) in [6, 6.07) is 21.6. The van der Waals surface area contributed by atoms with Gasteiger partial charge in [0.1, 0.15) is 6.54 Å². The minimum atomic E-state index is -0.488. The van der Waals surface area contributed by atoms with E-state index in [2.05, 4.69) is 10.6 Å². The van der Waals surface area contributed by atoms with Crippen molar-refractivity contribution in [2.75, 3.05) is 42.3 Å². The lowest BCUT2D eigenvalue weighted by Gasteiger charge is -2.29. The van der Waals surface area contributed by atoms with E-state index in [4.69, 9.17) is 4.74 Å². The molecule has 41 heavy (non-hydrogen) atoms. The molecule has 1 fully saturated rings. The highest BCUT2D eigenvalue weighted by Gasteiger charge is 2.29. The van der Waals surface area contributed by atoms with Crippen LogP contribution in [-0.4, -0.2) is 55.3 Å². The molecule has 3 aromatic carbocycles. The summed E-state index contributed by atoms with van der Waals surface area (Å²) >= 11 is 0. The predicted molar refractivity (Wildman–Crippen MR) is 158 cm³/mol. The number of ether oxygens (including phenoxy) is 1. The lowest BCUT2D eigenvalue weighted by molar-refractivity contribution is -0.132. The second kappa shape index (κ2) is 12.1. The Hall–Kier alpha value is -4.92. The van der Waals surface area contributed by atoms with Crippen molar-refractivity contribution in [3.8, 4) is 0 Å². The summed E-state index contributed by atoms with van der Waals surface area (Å²) in [6.07, 6.45) is 3.10. The van der Waals surface area contributed by atoms with E-state index < -0.39 is 5.97 Å². The van der Waals surface area contributed by atoms with Gasteiger partial charge in [-0.1, -0.05) is 36.4 Å². The van der Waals surface area contributed by atoms with Gasteiger partial charge in [0.25, 0.3) is 5.91 Å². The molecule has 2 heterocycles. The number of hydrogen-bond acceptors (Lipinski definition) is 6. The molecule has 0 saturated carbocycles. The molecular formula is C32H32N4O5. The lowest BCUT2D eigenvalue weighted by atomic mass is 9.99. The molecule has 9 heteroatoms. The van der Waals surface area contributed by atoms with Crippen LogP contribution in [0.15, 0.2) is 72.8 Å². The SMILES string of the molecule is COC(=O)c1ccc2c(c1)NC(=O)/C2=C(/Nc1ccc(N(CC(=O)N2CCCCC2)C(C)=O)cc1)c1ccccc1. The van der Waals surface area contributed by atoms with E-state index in [0.717, 1.165) is 37.9 Å². The van der Waals surface area contributed by atoms with Gasteiger partial charge in [0.05, 0.1) is 29.6 Å². The number of fused-ring (bicyclic) bond motifs is 1. The molecule has 0 atom stereocenters. The highest BCUT2D eigenvalue weighted by Crippen LogP contribution is 2.38. The molecule has 0 unspecified atom stereocenters. The molecule has 1 saturated heterocycles. The quantitative estimate of drug-likeness (QED) is 0.323. The van der Waals surface area contributed by atoms with Crippen LogP contribution in [0.3, 0.4) is 0 Å². The molecule has 2 aliphatic heterocycles. The van der Waals surface area contributed by atoms with Gasteiger partial charge in [0.15, 0.2) is 0 Å². The standard InChI is InChI=1S/C32H32N4O5/c1-21(37)36(20-28(38)35-17-7-4-8-18-35)25-14-12-24(13-15-25)33-30(22-9-5-3-6-10-22)29-26-16-11-23(32(40)41-2)19-27(26)34-31(29)39/h3,5-6,9-16,19,33H,4,7-8,17-18,20H2,1-2H3,(H,34,39)/b30-29+. The van der Waals surface area contributed by atoms with Crippen molar-refractivity contribution in [1.29, 1.82) is 0 Å². The van der Waals surface area contributed by atoms with Crippen molar-refractivity contribution < 1.29 is 23.9 Å². The van der Waals surface area contributed by atoms with E-state index in [1.165, 1.54) is 18.9 Å². The summed E-state index contributed by atoms with van der Waals surface area (Å²) in [6.45, 7) is 2.90. The molecule has 210 valence electrons. The summed E-state index contributed by atoms with van der Waals surface area (Å²) in [7, 11) is 1.31. The van der Waals surface area contributed by atoms with Gasteiger partial charge >= 0.3 is 5.97 Å². The Kier molecular flexibility index (Phi) is 8.14. The first-order valence-electron chi connectivity index (χ1n) is 13.6. The molecule has 5 rings (SSSR count). The Bertz CT molecular complexity index is 1510. The van der Waals surface area contributed by atoms with E-state index in [1.54, 1.807) is 30.3 Å². The average molecular weight is 553 g/mol. The van der Waals surface area contributed by atoms with Crippen molar-refractivity contribution in [3.05, 3.63) is 89.5 Å². The number of benzene rings is 3. The van der Waals surface area contributed by atoms with Gasteiger partial charge in [-0.15, -0.1) is 0 Å². The Morgan fingerprint density at radius 2 is 1.63 bits per heavy atom. The van der Waals surface area contributed by atoms with Gasteiger partial charge in [-0.3, -0.25) is 14.4 Å². The summed E-state index contributed by atoms with van der Waals surface area (Å²) in [5.41, 5.74) is 4.64. The number of nitrogens with one attached hydrogen (secondary N) is 2. The Labute approximate surface area is 238 Å². The van der Waals surface area contributed by atoms with Crippen molar-refractivity contribution in [3.63, 3.8) is 0 Å². The van der Waals surface area contributed by atoms with Crippen LogP contribution in [0.4, 0.5) is 17.1 Å². The highest BCUT2D eigenvalue weighted by molar-refractivity contribution is 6.37. The number of anilines is 3. The van der Waals surface area contributed by atoms with E-state index in [0.29, 0.717) is 39.5 Å². The summed E-state index contributed by atoms with van der Waals surface area (Å²) in [5, 5.41) is 6.25. The van der Waals surface area contributed by atoms with Crippen molar-refractivity contribution in [2.24, 2.45) is 0 Å². The average Bonchev–Trinajstić information content (AvgIpc) is 3.33. The van der Waals surface area contributed by atoms with Crippen LogP contribution in [-0.2, 0) is 19.1 Å². The van der Waals surface area contributed by atoms with Crippen LogP contribution < -0.4 is 15.5 Å². The van der Waals surface area contributed by atoms with Gasteiger partial charge < -0.3 is 25.2 Å². The smallest absolute Gasteiger partial charge is 0.337 e. The third-order valence-electron chi connectivity index (χ3n) is 7.33. The molecule has 3 aromatic rings. The molecule has 0 bridgehead atoms. The molecule has 0 aromatic heterocycles. The van der Waals surface area contributed by atoms with E-state index >= 15 is 0 Å². The highest BCUT2D eigenvalue weighted by atomic mass is 16.5. The van der Waals surface area contributed by atoms with Crippen LogP contribution in [0.2, 0.25) is 0 Å². The first-order chi connectivity index (χ1) is 19.9. The fourth-order valence-corrected chi connectivity index (χ4v) is 5.18. The molecule has 0 radical (unpaired) electrons. The third kappa shape index (κ3) is 5.99. The van der Waals surface area contributed by atoms with Crippen LogP contribution in [0.1, 0.15) is 47.7 Å². The zero-order valence-corrected chi connectivity index (χ0v) is 23.1. The number of hydrogen-bond donors (Lipinski definition) is 2. The maximum absolute atomic E-state index is 13.2. The molecule has 3 amide bonds. The summed E-state index contributed by atoms with van der Waals surface area (Å²) < 4.78 is 4.82. The topological polar surface area (TPSA) is 108 Å².